The van der Waals surface area contributed by atoms with Gasteiger partial charge in [-0.25, -0.2) is 4.98 Å². The quantitative estimate of drug-likeness (QED) is 0.913. The summed E-state index contributed by atoms with van der Waals surface area (Å²) >= 11 is 0. The lowest BCUT2D eigenvalue weighted by molar-refractivity contribution is 0.314. The van der Waals surface area contributed by atoms with Crippen molar-refractivity contribution in [2.24, 2.45) is 5.92 Å². The van der Waals surface area contributed by atoms with Gasteiger partial charge in [0.05, 0.1) is 0 Å². The summed E-state index contributed by atoms with van der Waals surface area (Å²) in [5, 5.41) is 3.94. The minimum atomic E-state index is 0.715. The van der Waals surface area contributed by atoms with Gasteiger partial charge in [-0.15, -0.1) is 0 Å². The number of nitrogens with zero attached hydrogens (tertiary/aromatic N) is 2. The molecule has 1 saturated heterocycles. The molecule has 20 heavy (non-hydrogen) atoms. The maximum Gasteiger partial charge on any atom is 0.128 e. The van der Waals surface area contributed by atoms with Crippen molar-refractivity contribution in [2.45, 2.75) is 57.5 Å². The van der Waals surface area contributed by atoms with E-state index in [1.54, 1.807) is 0 Å². The average Bonchev–Trinajstić information content (AvgIpc) is 2.96. The van der Waals surface area contributed by atoms with Gasteiger partial charge < -0.3 is 10.2 Å². The number of nitrogens with one attached hydrogen (secondary N) is 1. The number of pyridine rings is 1. The third-order valence-electron chi connectivity index (χ3n) is 5.10. The molecule has 1 N–H and O–H groups in total. The topological polar surface area (TPSA) is 28.2 Å². The van der Waals surface area contributed by atoms with E-state index in [-0.39, 0.29) is 0 Å². The first-order valence-corrected chi connectivity index (χ1v) is 8.29. The van der Waals surface area contributed by atoms with Crippen LogP contribution in [0.1, 0.15) is 45.4 Å². The Bertz CT molecular complexity index is 398. The molecular formula is C17H27N3. The normalized spacial score (nSPS) is 27.9. The van der Waals surface area contributed by atoms with E-state index in [0.29, 0.717) is 6.04 Å². The van der Waals surface area contributed by atoms with Crippen LogP contribution in [0.25, 0.3) is 0 Å². The summed E-state index contributed by atoms with van der Waals surface area (Å²) in [6.45, 7) is 4.62. The Morgan fingerprint density at radius 3 is 2.75 bits per heavy atom. The van der Waals surface area contributed by atoms with Gasteiger partial charge in [-0.05, 0) is 43.7 Å². The molecule has 0 amide bonds. The molecule has 0 bridgehead atoms. The number of hydrogen-bond donors (Lipinski definition) is 1. The Morgan fingerprint density at radius 2 is 2.05 bits per heavy atom. The second-order valence-electron chi connectivity index (χ2n) is 6.32. The lowest BCUT2D eigenvalue weighted by Gasteiger charge is -2.35. The van der Waals surface area contributed by atoms with E-state index in [0.717, 1.165) is 30.9 Å². The smallest absolute Gasteiger partial charge is 0.128 e. The SMILES string of the molecule is CCC1CCCC1NC1CCN(c2ccccn2)CC1. The van der Waals surface area contributed by atoms with Crippen LogP contribution in [0, 0.1) is 5.92 Å². The first-order chi connectivity index (χ1) is 9.86. The molecular weight excluding hydrogens is 246 g/mol. The molecule has 1 saturated carbocycles. The van der Waals surface area contributed by atoms with Crippen molar-refractivity contribution in [3.8, 4) is 0 Å². The fourth-order valence-corrected chi connectivity index (χ4v) is 3.86. The first-order valence-electron chi connectivity index (χ1n) is 8.29. The number of piperidine rings is 1. The monoisotopic (exact) mass is 273 g/mol. The molecule has 3 rings (SSSR count). The Balaban J connectivity index is 1.49. The second-order valence-corrected chi connectivity index (χ2v) is 6.32. The predicted octanol–water partition coefficient (Wildman–Crippen LogP) is 3.22. The van der Waals surface area contributed by atoms with E-state index in [9.17, 15) is 0 Å². The Labute approximate surface area is 122 Å². The second kappa shape index (κ2) is 6.57. The van der Waals surface area contributed by atoms with Gasteiger partial charge in [0, 0.05) is 31.4 Å². The average molecular weight is 273 g/mol. The van der Waals surface area contributed by atoms with E-state index in [2.05, 4.69) is 34.3 Å². The highest BCUT2D eigenvalue weighted by atomic mass is 15.2. The van der Waals surface area contributed by atoms with Crippen molar-refractivity contribution in [2.75, 3.05) is 18.0 Å². The summed E-state index contributed by atoms with van der Waals surface area (Å²) in [6, 6.07) is 7.69. The van der Waals surface area contributed by atoms with Crippen LogP contribution in [0.3, 0.4) is 0 Å². The third-order valence-corrected chi connectivity index (χ3v) is 5.10. The van der Waals surface area contributed by atoms with Gasteiger partial charge in [0.1, 0.15) is 5.82 Å². The van der Waals surface area contributed by atoms with Crippen molar-refractivity contribution in [1.29, 1.82) is 0 Å². The molecule has 2 unspecified atom stereocenters. The Kier molecular flexibility index (Phi) is 4.56. The molecule has 0 spiro atoms. The summed E-state index contributed by atoms with van der Waals surface area (Å²) in [4.78, 5) is 6.88. The van der Waals surface area contributed by atoms with Gasteiger partial charge in [-0.1, -0.05) is 25.8 Å². The minimum Gasteiger partial charge on any atom is -0.357 e. The van der Waals surface area contributed by atoms with Gasteiger partial charge in [0.15, 0.2) is 0 Å². The number of aromatic nitrogens is 1. The fourth-order valence-electron chi connectivity index (χ4n) is 3.86. The molecule has 1 aliphatic heterocycles. The van der Waals surface area contributed by atoms with E-state index in [1.165, 1.54) is 38.5 Å². The van der Waals surface area contributed by atoms with Crippen molar-refractivity contribution in [3.05, 3.63) is 24.4 Å². The zero-order chi connectivity index (χ0) is 13.8. The van der Waals surface area contributed by atoms with Crippen LogP contribution < -0.4 is 10.2 Å². The molecule has 2 fully saturated rings. The molecule has 1 aliphatic carbocycles. The molecule has 3 heteroatoms. The molecule has 2 heterocycles. The van der Waals surface area contributed by atoms with E-state index < -0.39 is 0 Å². The van der Waals surface area contributed by atoms with Crippen LogP contribution >= 0.6 is 0 Å². The van der Waals surface area contributed by atoms with E-state index in [4.69, 9.17) is 0 Å². The van der Waals surface area contributed by atoms with Crippen LogP contribution in [0.5, 0.6) is 0 Å². The van der Waals surface area contributed by atoms with Crippen LogP contribution in [-0.2, 0) is 0 Å². The summed E-state index contributed by atoms with van der Waals surface area (Å²) < 4.78 is 0. The van der Waals surface area contributed by atoms with Crippen LogP contribution in [-0.4, -0.2) is 30.2 Å². The van der Waals surface area contributed by atoms with Crippen LogP contribution in [0.15, 0.2) is 24.4 Å². The van der Waals surface area contributed by atoms with Crippen LogP contribution in [0.2, 0.25) is 0 Å². The van der Waals surface area contributed by atoms with E-state index >= 15 is 0 Å². The van der Waals surface area contributed by atoms with Gasteiger partial charge in [0.2, 0.25) is 0 Å². The number of rotatable bonds is 4. The first kappa shape index (κ1) is 13.9. The summed E-state index contributed by atoms with van der Waals surface area (Å²) in [5.41, 5.74) is 0. The minimum absolute atomic E-state index is 0.715. The summed E-state index contributed by atoms with van der Waals surface area (Å²) in [7, 11) is 0. The maximum atomic E-state index is 4.46. The summed E-state index contributed by atoms with van der Waals surface area (Å²) in [6.07, 6.45) is 9.98. The van der Waals surface area contributed by atoms with Crippen molar-refractivity contribution >= 4 is 5.82 Å². The van der Waals surface area contributed by atoms with Gasteiger partial charge in [0.25, 0.3) is 0 Å². The highest BCUT2D eigenvalue weighted by Crippen LogP contribution is 2.29. The summed E-state index contributed by atoms with van der Waals surface area (Å²) in [5.74, 6) is 2.06. The zero-order valence-electron chi connectivity index (χ0n) is 12.6. The number of hydrogen-bond acceptors (Lipinski definition) is 3. The zero-order valence-corrected chi connectivity index (χ0v) is 12.6. The Hall–Kier alpha value is -1.09. The van der Waals surface area contributed by atoms with Crippen molar-refractivity contribution in [3.63, 3.8) is 0 Å². The molecule has 1 aromatic heterocycles. The Morgan fingerprint density at radius 1 is 1.20 bits per heavy atom. The van der Waals surface area contributed by atoms with Crippen molar-refractivity contribution < 1.29 is 0 Å². The molecule has 0 aromatic carbocycles. The van der Waals surface area contributed by atoms with E-state index in [1.807, 2.05) is 12.3 Å². The largest absolute Gasteiger partial charge is 0.357 e. The maximum absolute atomic E-state index is 4.46. The third kappa shape index (κ3) is 3.14. The molecule has 3 nitrogen and oxygen atoms in total. The van der Waals surface area contributed by atoms with Gasteiger partial charge in [-0.2, -0.15) is 0 Å². The lowest BCUT2D eigenvalue weighted by atomic mass is 9.97. The highest BCUT2D eigenvalue weighted by Gasteiger charge is 2.29. The highest BCUT2D eigenvalue weighted by molar-refractivity contribution is 5.38. The van der Waals surface area contributed by atoms with Gasteiger partial charge >= 0.3 is 0 Å². The van der Waals surface area contributed by atoms with Gasteiger partial charge in [-0.3, -0.25) is 0 Å². The molecule has 0 radical (unpaired) electrons. The standard InChI is InChI=1S/C17H27N3/c1-2-14-6-5-7-16(14)19-15-9-12-20(13-10-15)17-8-3-4-11-18-17/h3-4,8,11,14-16,19H,2,5-7,9-10,12-13H2,1H3. The molecule has 2 aliphatic rings. The molecule has 110 valence electrons. The lowest BCUT2D eigenvalue weighted by Crippen LogP contribution is -2.47. The van der Waals surface area contributed by atoms with Crippen LogP contribution in [0.4, 0.5) is 5.82 Å². The van der Waals surface area contributed by atoms with Crippen molar-refractivity contribution in [1.82, 2.24) is 10.3 Å². The predicted molar refractivity (Wildman–Crippen MR) is 84.0 cm³/mol. The fraction of sp³-hybridized carbons (Fsp3) is 0.706. The molecule has 2 atom stereocenters. The molecule has 1 aromatic rings. The number of anilines is 1.